The topological polar surface area (TPSA) is 61.8 Å². The zero-order chi connectivity index (χ0) is 21.3. The molecular weight excluding hydrogens is 448 g/mol. The van der Waals surface area contributed by atoms with Crippen LogP contribution in [0.25, 0.3) is 6.08 Å². The van der Waals surface area contributed by atoms with Gasteiger partial charge in [-0.1, -0.05) is 46.3 Å². The molecule has 6 heteroatoms. The van der Waals surface area contributed by atoms with Crippen LogP contribution in [0.15, 0.2) is 83.3 Å². The second kappa shape index (κ2) is 10.4. The van der Waals surface area contributed by atoms with E-state index in [4.69, 9.17) is 14.2 Å². The second-order valence-corrected chi connectivity index (χ2v) is 7.14. The van der Waals surface area contributed by atoms with E-state index in [1.54, 1.807) is 43.5 Å². The minimum absolute atomic E-state index is 0.195. The Bertz CT molecular complexity index is 1040. The molecule has 0 aliphatic heterocycles. The maximum Gasteiger partial charge on any atom is 0.338 e. The molecule has 0 unspecified atom stereocenters. The van der Waals surface area contributed by atoms with Crippen LogP contribution in [-0.2, 0) is 16.1 Å². The van der Waals surface area contributed by atoms with Gasteiger partial charge in [0.05, 0.1) is 12.7 Å². The predicted molar refractivity (Wildman–Crippen MR) is 117 cm³/mol. The van der Waals surface area contributed by atoms with Crippen molar-refractivity contribution >= 4 is 33.9 Å². The number of esters is 2. The molecule has 3 aromatic carbocycles. The fraction of sp³-hybridized carbons (Fsp3) is 0.0833. The molecule has 0 heterocycles. The van der Waals surface area contributed by atoms with Crippen molar-refractivity contribution in [1.29, 1.82) is 0 Å². The van der Waals surface area contributed by atoms with Crippen LogP contribution >= 0.6 is 15.9 Å². The quantitative estimate of drug-likeness (QED) is 0.263. The van der Waals surface area contributed by atoms with Crippen molar-refractivity contribution in [3.05, 3.63) is 100 Å². The molecule has 0 spiro atoms. The molecule has 0 N–H and O–H groups in total. The Morgan fingerprint density at radius 3 is 2.40 bits per heavy atom. The zero-order valence-corrected chi connectivity index (χ0v) is 17.8. The van der Waals surface area contributed by atoms with E-state index in [9.17, 15) is 9.59 Å². The summed E-state index contributed by atoms with van der Waals surface area (Å²) in [4.78, 5) is 24.2. The zero-order valence-electron chi connectivity index (χ0n) is 16.2. The Balaban J connectivity index is 1.56. The lowest BCUT2D eigenvalue weighted by atomic mass is 10.2. The first-order valence-electron chi connectivity index (χ1n) is 9.09. The van der Waals surface area contributed by atoms with Gasteiger partial charge in [-0.15, -0.1) is 0 Å². The Morgan fingerprint density at radius 2 is 1.70 bits per heavy atom. The van der Waals surface area contributed by atoms with Crippen LogP contribution in [0.3, 0.4) is 0 Å². The maximum atomic E-state index is 12.1. The minimum Gasteiger partial charge on any atom is -0.496 e. The fourth-order valence-electron chi connectivity index (χ4n) is 2.61. The van der Waals surface area contributed by atoms with E-state index in [0.717, 1.165) is 15.6 Å². The van der Waals surface area contributed by atoms with E-state index in [0.29, 0.717) is 17.1 Å². The van der Waals surface area contributed by atoms with Crippen molar-refractivity contribution in [2.45, 2.75) is 6.61 Å². The summed E-state index contributed by atoms with van der Waals surface area (Å²) in [5.41, 5.74) is 2.02. The fourth-order valence-corrected chi connectivity index (χ4v) is 2.99. The van der Waals surface area contributed by atoms with Gasteiger partial charge in [0, 0.05) is 16.1 Å². The molecule has 0 aliphatic rings. The van der Waals surface area contributed by atoms with Crippen molar-refractivity contribution in [3.8, 4) is 11.5 Å². The third-order valence-electron chi connectivity index (χ3n) is 4.11. The van der Waals surface area contributed by atoms with E-state index in [1.165, 1.54) is 6.08 Å². The molecule has 0 saturated heterocycles. The predicted octanol–water partition coefficient (Wildman–Crippen LogP) is 5.43. The van der Waals surface area contributed by atoms with Gasteiger partial charge in [0.2, 0.25) is 0 Å². The van der Waals surface area contributed by atoms with Crippen molar-refractivity contribution in [1.82, 2.24) is 0 Å². The Hall–Kier alpha value is -3.38. The Kier molecular flexibility index (Phi) is 7.40. The monoisotopic (exact) mass is 466 g/mol. The number of hydrogen-bond donors (Lipinski definition) is 0. The summed E-state index contributed by atoms with van der Waals surface area (Å²) in [6.45, 7) is 0.195. The van der Waals surface area contributed by atoms with Crippen LogP contribution in [-0.4, -0.2) is 19.0 Å². The highest BCUT2D eigenvalue weighted by molar-refractivity contribution is 9.10. The first-order chi connectivity index (χ1) is 14.5. The number of carbonyl (C=O) groups is 2. The smallest absolute Gasteiger partial charge is 0.338 e. The lowest BCUT2D eigenvalue weighted by Crippen LogP contribution is -2.06. The molecule has 0 aliphatic carbocycles. The standard InChI is InChI=1S/C24H19BrO5/c1-28-22-13-10-20(25)15-19(22)9-14-23(26)30-21-11-7-18(8-12-21)24(27)29-16-17-5-3-2-4-6-17/h2-15H,16H2,1H3/b14-9+. The van der Waals surface area contributed by atoms with Gasteiger partial charge in [-0.25, -0.2) is 9.59 Å². The summed E-state index contributed by atoms with van der Waals surface area (Å²) in [5, 5.41) is 0. The SMILES string of the molecule is COc1ccc(Br)cc1/C=C/C(=O)Oc1ccc(C(=O)OCc2ccccc2)cc1. The van der Waals surface area contributed by atoms with Crippen molar-refractivity contribution in [2.75, 3.05) is 7.11 Å². The van der Waals surface area contributed by atoms with Gasteiger partial charge >= 0.3 is 11.9 Å². The molecule has 0 amide bonds. The lowest BCUT2D eigenvalue weighted by molar-refractivity contribution is -0.128. The molecule has 0 saturated carbocycles. The highest BCUT2D eigenvalue weighted by Crippen LogP contribution is 2.24. The summed E-state index contributed by atoms with van der Waals surface area (Å²) < 4.78 is 16.7. The number of hydrogen-bond acceptors (Lipinski definition) is 5. The van der Waals surface area contributed by atoms with Crippen molar-refractivity contribution in [3.63, 3.8) is 0 Å². The Labute approximate surface area is 183 Å². The number of ether oxygens (including phenoxy) is 3. The van der Waals surface area contributed by atoms with Crippen LogP contribution in [0.5, 0.6) is 11.5 Å². The molecule has 3 rings (SSSR count). The van der Waals surface area contributed by atoms with Crippen LogP contribution in [0, 0.1) is 0 Å². The van der Waals surface area contributed by atoms with Gasteiger partial charge < -0.3 is 14.2 Å². The van der Waals surface area contributed by atoms with Gasteiger partial charge in [0.15, 0.2) is 0 Å². The van der Waals surface area contributed by atoms with Crippen LogP contribution < -0.4 is 9.47 Å². The third kappa shape index (κ3) is 6.06. The molecule has 0 fully saturated rings. The highest BCUT2D eigenvalue weighted by atomic mass is 79.9. The average Bonchev–Trinajstić information content (AvgIpc) is 2.77. The molecule has 152 valence electrons. The molecule has 0 radical (unpaired) electrons. The molecular formula is C24H19BrO5. The molecule has 0 atom stereocenters. The molecule has 30 heavy (non-hydrogen) atoms. The second-order valence-electron chi connectivity index (χ2n) is 6.23. The number of halogens is 1. The summed E-state index contributed by atoms with van der Waals surface area (Å²) in [7, 11) is 1.56. The summed E-state index contributed by atoms with van der Waals surface area (Å²) in [6, 6.07) is 21.1. The maximum absolute atomic E-state index is 12.1. The molecule has 0 bridgehead atoms. The van der Waals surface area contributed by atoms with Gasteiger partial charge in [-0.2, -0.15) is 0 Å². The van der Waals surface area contributed by atoms with Crippen molar-refractivity contribution in [2.24, 2.45) is 0 Å². The number of carbonyl (C=O) groups excluding carboxylic acids is 2. The average molecular weight is 467 g/mol. The third-order valence-corrected chi connectivity index (χ3v) is 4.61. The van der Waals surface area contributed by atoms with Crippen LogP contribution in [0.1, 0.15) is 21.5 Å². The normalized spacial score (nSPS) is 10.6. The summed E-state index contributed by atoms with van der Waals surface area (Å²) >= 11 is 3.39. The molecule has 3 aromatic rings. The summed E-state index contributed by atoms with van der Waals surface area (Å²) in [6.07, 6.45) is 2.92. The van der Waals surface area contributed by atoms with Crippen LogP contribution in [0.2, 0.25) is 0 Å². The van der Waals surface area contributed by atoms with E-state index >= 15 is 0 Å². The number of benzene rings is 3. The Morgan fingerprint density at radius 1 is 0.967 bits per heavy atom. The van der Waals surface area contributed by atoms with E-state index in [1.807, 2.05) is 42.5 Å². The first kappa shape index (κ1) is 21.3. The van der Waals surface area contributed by atoms with E-state index < -0.39 is 11.9 Å². The van der Waals surface area contributed by atoms with Crippen molar-refractivity contribution < 1.29 is 23.8 Å². The van der Waals surface area contributed by atoms with Gasteiger partial charge in [-0.05, 0) is 54.1 Å². The minimum atomic E-state index is -0.545. The van der Waals surface area contributed by atoms with E-state index in [-0.39, 0.29) is 6.61 Å². The van der Waals surface area contributed by atoms with Gasteiger partial charge in [-0.3, -0.25) is 0 Å². The number of rotatable bonds is 7. The number of methoxy groups -OCH3 is 1. The van der Waals surface area contributed by atoms with Crippen LogP contribution in [0.4, 0.5) is 0 Å². The summed E-state index contributed by atoms with van der Waals surface area (Å²) in [5.74, 6) is -0.0270. The highest BCUT2D eigenvalue weighted by Gasteiger charge is 2.09. The van der Waals surface area contributed by atoms with E-state index in [2.05, 4.69) is 15.9 Å². The lowest BCUT2D eigenvalue weighted by Gasteiger charge is -2.06. The largest absolute Gasteiger partial charge is 0.496 e. The molecule has 0 aromatic heterocycles. The first-order valence-corrected chi connectivity index (χ1v) is 9.89. The van der Waals surface area contributed by atoms with Gasteiger partial charge in [0.25, 0.3) is 0 Å². The van der Waals surface area contributed by atoms with Gasteiger partial charge in [0.1, 0.15) is 18.1 Å². The molecule has 5 nitrogen and oxygen atoms in total.